The van der Waals surface area contributed by atoms with Crippen molar-refractivity contribution in [3.05, 3.63) is 23.1 Å². The number of rotatable bonds is 4. The van der Waals surface area contributed by atoms with Gasteiger partial charge in [-0.15, -0.1) is 11.6 Å². The average molecular weight is 250 g/mol. The van der Waals surface area contributed by atoms with Gasteiger partial charge in [0.1, 0.15) is 0 Å². The number of hydrogen-bond donors (Lipinski definition) is 1. The van der Waals surface area contributed by atoms with Crippen LogP contribution in [0.25, 0.3) is 0 Å². The Labute approximate surface area is 98.7 Å². The SMILES string of the molecule is CC(CCl)C(C)NC(=O)c1ccoc1Cl. The van der Waals surface area contributed by atoms with Gasteiger partial charge in [-0.05, 0) is 30.5 Å². The first-order valence-corrected chi connectivity index (χ1v) is 5.57. The lowest BCUT2D eigenvalue weighted by atomic mass is 10.1. The Balaban J connectivity index is 2.60. The third-order valence-electron chi connectivity index (χ3n) is 2.32. The Morgan fingerprint density at radius 1 is 1.60 bits per heavy atom. The van der Waals surface area contributed by atoms with E-state index in [4.69, 9.17) is 27.6 Å². The van der Waals surface area contributed by atoms with Gasteiger partial charge in [-0.25, -0.2) is 0 Å². The summed E-state index contributed by atoms with van der Waals surface area (Å²) in [6.07, 6.45) is 1.38. The molecular weight excluding hydrogens is 237 g/mol. The molecule has 5 heteroatoms. The molecule has 1 N–H and O–H groups in total. The number of nitrogens with one attached hydrogen (secondary N) is 1. The molecule has 1 aromatic heterocycles. The van der Waals surface area contributed by atoms with Gasteiger partial charge in [0.2, 0.25) is 5.22 Å². The predicted octanol–water partition coefficient (Wildman–Crippen LogP) is 2.93. The number of hydrogen-bond acceptors (Lipinski definition) is 2. The lowest BCUT2D eigenvalue weighted by molar-refractivity contribution is 0.0930. The molecule has 2 unspecified atom stereocenters. The second-order valence-electron chi connectivity index (χ2n) is 3.50. The van der Waals surface area contributed by atoms with E-state index in [2.05, 4.69) is 5.32 Å². The fourth-order valence-corrected chi connectivity index (χ4v) is 1.48. The fourth-order valence-electron chi connectivity index (χ4n) is 1.02. The molecule has 0 radical (unpaired) electrons. The van der Waals surface area contributed by atoms with Crippen LogP contribution in [0.2, 0.25) is 5.22 Å². The van der Waals surface area contributed by atoms with E-state index in [1.165, 1.54) is 12.3 Å². The van der Waals surface area contributed by atoms with Gasteiger partial charge in [0.15, 0.2) is 0 Å². The molecule has 0 bridgehead atoms. The molecule has 84 valence electrons. The van der Waals surface area contributed by atoms with Crippen molar-refractivity contribution in [2.45, 2.75) is 19.9 Å². The normalized spacial score (nSPS) is 14.7. The van der Waals surface area contributed by atoms with Crippen LogP contribution in [-0.2, 0) is 0 Å². The Hall–Kier alpha value is -0.670. The number of halogens is 2. The largest absolute Gasteiger partial charge is 0.452 e. The van der Waals surface area contributed by atoms with E-state index < -0.39 is 0 Å². The highest BCUT2D eigenvalue weighted by atomic mass is 35.5. The lowest BCUT2D eigenvalue weighted by Crippen LogP contribution is -2.37. The fraction of sp³-hybridized carbons (Fsp3) is 0.500. The van der Waals surface area contributed by atoms with Crippen molar-refractivity contribution in [2.75, 3.05) is 5.88 Å². The predicted molar refractivity (Wildman–Crippen MR) is 60.5 cm³/mol. The maximum atomic E-state index is 11.7. The summed E-state index contributed by atoms with van der Waals surface area (Å²) in [6.45, 7) is 3.87. The summed E-state index contributed by atoms with van der Waals surface area (Å²) in [7, 11) is 0. The Morgan fingerprint density at radius 3 is 2.73 bits per heavy atom. The van der Waals surface area contributed by atoms with Gasteiger partial charge in [0, 0.05) is 11.9 Å². The minimum absolute atomic E-state index is 0.000895. The first-order valence-electron chi connectivity index (χ1n) is 4.66. The van der Waals surface area contributed by atoms with Gasteiger partial charge in [-0.2, -0.15) is 0 Å². The van der Waals surface area contributed by atoms with E-state index >= 15 is 0 Å². The third kappa shape index (κ3) is 3.14. The number of carbonyl (C=O) groups excluding carboxylic acids is 1. The molecular formula is C10H13Cl2NO2. The van der Waals surface area contributed by atoms with Crippen LogP contribution in [0.4, 0.5) is 0 Å². The van der Waals surface area contributed by atoms with Gasteiger partial charge in [-0.1, -0.05) is 6.92 Å². The van der Waals surface area contributed by atoms with E-state index in [9.17, 15) is 4.79 Å². The summed E-state index contributed by atoms with van der Waals surface area (Å²) >= 11 is 11.4. The standard InChI is InChI=1S/C10H13Cl2NO2/c1-6(5-11)7(2)13-10(14)8-3-4-15-9(8)12/h3-4,6-7H,5H2,1-2H3,(H,13,14). The van der Waals surface area contributed by atoms with Crippen LogP contribution >= 0.6 is 23.2 Å². The highest BCUT2D eigenvalue weighted by Crippen LogP contribution is 2.17. The molecule has 0 aliphatic heterocycles. The minimum atomic E-state index is -0.238. The summed E-state index contributed by atoms with van der Waals surface area (Å²) in [5.74, 6) is 0.472. The average Bonchev–Trinajstić information content (AvgIpc) is 2.63. The zero-order valence-corrected chi connectivity index (χ0v) is 10.1. The van der Waals surface area contributed by atoms with Crippen LogP contribution in [0, 0.1) is 5.92 Å². The van der Waals surface area contributed by atoms with Crippen molar-refractivity contribution in [1.82, 2.24) is 5.32 Å². The zero-order chi connectivity index (χ0) is 11.4. The second kappa shape index (κ2) is 5.42. The molecule has 15 heavy (non-hydrogen) atoms. The molecule has 2 atom stereocenters. The van der Waals surface area contributed by atoms with Crippen LogP contribution in [0.15, 0.2) is 16.7 Å². The van der Waals surface area contributed by atoms with Gasteiger partial charge in [-0.3, -0.25) is 4.79 Å². The monoisotopic (exact) mass is 249 g/mol. The molecule has 1 amide bonds. The van der Waals surface area contributed by atoms with E-state index in [1.807, 2.05) is 13.8 Å². The summed E-state index contributed by atoms with van der Waals surface area (Å²) in [5, 5.41) is 2.92. The van der Waals surface area contributed by atoms with Gasteiger partial charge < -0.3 is 9.73 Å². The lowest BCUT2D eigenvalue weighted by Gasteiger charge is -2.18. The van der Waals surface area contributed by atoms with Crippen LogP contribution in [0.1, 0.15) is 24.2 Å². The third-order valence-corrected chi connectivity index (χ3v) is 3.10. The Bertz CT molecular complexity index is 338. The van der Waals surface area contributed by atoms with Crippen LogP contribution in [0.5, 0.6) is 0 Å². The van der Waals surface area contributed by atoms with Crippen molar-refractivity contribution in [1.29, 1.82) is 0 Å². The molecule has 1 aromatic rings. The molecule has 0 spiro atoms. The summed E-state index contributed by atoms with van der Waals surface area (Å²) in [6, 6.07) is 1.54. The minimum Gasteiger partial charge on any atom is -0.452 e. The topological polar surface area (TPSA) is 42.2 Å². The van der Waals surface area contributed by atoms with Crippen LogP contribution in [-0.4, -0.2) is 17.8 Å². The van der Waals surface area contributed by atoms with E-state index in [0.29, 0.717) is 11.4 Å². The molecule has 3 nitrogen and oxygen atoms in total. The Kier molecular flexibility index (Phi) is 4.48. The highest BCUT2D eigenvalue weighted by Gasteiger charge is 2.18. The first kappa shape index (κ1) is 12.4. The van der Waals surface area contributed by atoms with Crippen molar-refractivity contribution < 1.29 is 9.21 Å². The van der Waals surface area contributed by atoms with Crippen LogP contribution < -0.4 is 5.32 Å². The van der Waals surface area contributed by atoms with Crippen LogP contribution in [0.3, 0.4) is 0 Å². The molecule has 0 saturated carbocycles. The molecule has 0 aromatic carbocycles. The number of amides is 1. The van der Waals surface area contributed by atoms with Gasteiger partial charge in [0.05, 0.1) is 11.8 Å². The number of furan rings is 1. The smallest absolute Gasteiger partial charge is 0.256 e. The highest BCUT2D eigenvalue weighted by molar-refractivity contribution is 6.32. The van der Waals surface area contributed by atoms with E-state index in [0.717, 1.165) is 0 Å². The van der Waals surface area contributed by atoms with Crippen molar-refractivity contribution in [3.63, 3.8) is 0 Å². The summed E-state index contributed by atoms with van der Waals surface area (Å²) in [4.78, 5) is 11.7. The van der Waals surface area contributed by atoms with Gasteiger partial charge >= 0.3 is 0 Å². The maximum absolute atomic E-state index is 11.7. The van der Waals surface area contributed by atoms with E-state index in [-0.39, 0.29) is 23.1 Å². The molecule has 0 fully saturated rings. The summed E-state index contributed by atoms with van der Waals surface area (Å²) < 4.78 is 4.83. The maximum Gasteiger partial charge on any atom is 0.256 e. The molecule has 0 saturated heterocycles. The number of carbonyl (C=O) groups is 1. The molecule has 0 aliphatic carbocycles. The second-order valence-corrected chi connectivity index (χ2v) is 4.15. The zero-order valence-electron chi connectivity index (χ0n) is 8.59. The summed E-state index contributed by atoms with van der Waals surface area (Å²) in [5.41, 5.74) is 0.352. The van der Waals surface area contributed by atoms with Gasteiger partial charge in [0.25, 0.3) is 5.91 Å². The molecule has 1 rings (SSSR count). The van der Waals surface area contributed by atoms with Crippen molar-refractivity contribution >= 4 is 29.1 Å². The number of alkyl halides is 1. The Morgan fingerprint density at radius 2 is 2.27 bits per heavy atom. The molecule has 1 heterocycles. The van der Waals surface area contributed by atoms with Crippen molar-refractivity contribution in [2.24, 2.45) is 5.92 Å². The van der Waals surface area contributed by atoms with Crippen molar-refractivity contribution in [3.8, 4) is 0 Å². The quantitative estimate of drug-likeness (QED) is 0.835. The molecule has 0 aliphatic rings. The first-order chi connectivity index (χ1) is 7.06. The van der Waals surface area contributed by atoms with E-state index in [1.54, 1.807) is 0 Å².